The molecule has 1 aromatic heterocycles. The lowest BCUT2D eigenvalue weighted by Crippen LogP contribution is -2.34. The molecule has 3 aromatic rings. The number of aromatic nitrogens is 2. The van der Waals surface area contributed by atoms with Crippen molar-refractivity contribution in [3.8, 4) is 0 Å². The molecule has 32 heavy (non-hydrogen) atoms. The predicted molar refractivity (Wildman–Crippen MR) is 132 cm³/mol. The van der Waals surface area contributed by atoms with Gasteiger partial charge in [0.25, 0.3) is 0 Å². The van der Waals surface area contributed by atoms with Gasteiger partial charge in [-0.25, -0.2) is 9.97 Å². The van der Waals surface area contributed by atoms with Gasteiger partial charge >= 0.3 is 0 Å². The van der Waals surface area contributed by atoms with E-state index in [-0.39, 0.29) is 6.10 Å². The molecule has 0 bridgehead atoms. The SMILES string of the molecule is COC(C)c1ccc2nc(C3CC3)nc(N3CCC(c4ccccc4N(C)C)CC3)c2c1. The predicted octanol–water partition coefficient (Wildman–Crippen LogP) is 5.66. The molecule has 2 fully saturated rings. The Morgan fingerprint density at radius 2 is 1.72 bits per heavy atom. The Kier molecular flexibility index (Phi) is 5.76. The summed E-state index contributed by atoms with van der Waals surface area (Å²) in [6.07, 6.45) is 4.77. The number of methoxy groups -OCH3 is 1. The van der Waals surface area contributed by atoms with E-state index in [0.717, 1.165) is 48.5 Å². The quantitative estimate of drug-likeness (QED) is 0.504. The zero-order valence-electron chi connectivity index (χ0n) is 19.7. The third-order valence-electron chi connectivity index (χ3n) is 7.14. The number of hydrogen-bond acceptors (Lipinski definition) is 5. The molecule has 0 spiro atoms. The summed E-state index contributed by atoms with van der Waals surface area (Å²) < 4.78 is 5.58. The van der Waals surface area contributed by atoms with Crippen LogP contribution in [0.1, 0.15) is 67.5 Å². The Morgan fingerprint density at radius 3 is 2.41 bits per heavy atom. The smallest absolute Gasteiger partial charge is 0.140 e. The third kappa shape index (κ3) is 4.06. The number of benzene rings is 2. The van der Waals surface area contributed by atoms with Crippen molar-refractivity contribution in [3.05, 3.63) is 59.4 Å². The molecule has 0 amide bonds. The van der Waals surface area contributed by atoms with Gasteiger partial charge in [-0.1, -0.05) is 24.3 Å². The highest BCUT2D eigenvalue weighted by Crippen LogP contribution is 2.41. The second-order valence-electron chi connectivity index (χ2n) is 9.55. The summed E-state index contributed by atoms with van der Waals surface area (Å²) in [5, 5.41) is 1.16. The monoisotopic (exact) mass is 430 g/mol. The summed E-state index contributed by atoms with van der Waals surface area (Å²) in [6, 6.07) is 15.4. The molecule has 5 rings (SSSR count). The zero-order chi connectivity index (χ0) is 22.2. The highest BCUT2D eigenvalue weighted by Gasteiger charge is 2.30. The van der Waals surface area contributed by atoms with Gasteiger partial charge in [0.1, 0.15) is 11.6 Å². The van der Waals surface area contributed by atoms with Crippen molar-refractivity contribution in [2.45, 2.75) is 50.5 Å². The number of hydrogen-bond donors (Lipinski definition) is 0. The molecule has 1 unspecified atom stereocenters. The van der Waals surface area contributed by atoms with Crippen molar-refractivity contribution < 1.29 is 4.74 Å². The third-order valence-corrected chi connectivity index (χ3v) is 7.14. The minimum atomic E-state index is 0.0589. The summed E-state index contributed by atoms with van der Waals surface area (Å²) in [5.74, 6) is 3.27. The number of rotatable bonds is 6. The zero-order valence-corrected chi connectivity index (χ0v) is 19.7. The van der Waals surface area contributed by atoms with Crippen LogP contribution < -0.4 is 9.80 Å². The molecule has 2 aromatic carbocycles. The van der Waals surface area contributed by atoms with Crippen LogP contribution in [0.2, 0.25) is 0 Å². The molecular weight excluding hydrogens is 396 g/mol. The Hall–Kier alpha value is -2.66. The highest BCUT2D eigenvalue weighted by molar-refractivity contribution is 5.90. The van der Waals surface area contributed by atoms with E-state index in [1.165, 1.54) is 29.7 Å². The lowest BCUT2D eigenvalue weighted by atomic mass is 9.88. The average Bonchev–Trinajstić information content (AvgIpc) is 3.68. The molecule has 5 heteroatoms. The first-order valence-corrected chi connectivity index (χ1v) is 11.9. The van der Waals surface area contributed by atoms with Crippen LogP contribution in [0, 0.1) is 0 Å². The van der Waals surface area contributed by atoms with Crippen LogP contribution in [0.4, 0.5) is 11.5 Å². The van der Waals surface area contributed by atoms with Gasteiger partial charge in [0.15, 0.2) is 0 Å². The summed E-state index contributed by atoms with van der Waals surface area (Å²) in [7, 11) is 6.04. The molecule has 5 nitrogen and oxygen atoms in total. The van der Waals surface area contributed by atoms with Crippen molar-refractivity contribution in [3.63, 3.8) is 0 Å². The maximum absolute atomic E-state index is 5.58. The lowest BCUT2D eigenvalue weighted by molar-refractivity contribution is 0.119. The van der Waals surface area contributed by atoms with Gasteiger partial charge in [-0.3, -0.25) is 0 Å². The Balaban J connectivity index is 1.46. The Morgan fingerprint density at radius 1 is 0.969 bits per heavy atom. The van der Waals surface area contributed by atoms with Crippen LogP contribution >= 0.6 is 0 Å². The second kappa shape index (κ2) is 8.70. The standard InChI is InChI=1S/C27H34N4O/c1-18(32-4)21-11-12-24-23(17-21)27(29-26(28-24)20-9-10-20)31-15-13-19(14-16-31)22-7-5-6-8-25(22)30(2)3/h5-8,11-12,17-20H,9-10,13-16H2,1-4H3. The lowest BCUT2D eigenvalue weighted by Gasteiger charge is -2.35. The van der Waals surface area contributed by atoms with E-state index >= 15 is 0 Å². The van der Waals surface area contributed by atoms with Crippen molar-refractivity contribution >= 4 is 22.4 Å². The van der Waals surface area contributed by atoms with Gasteiger partial charge < -0.3 is 14.5 Å². The first-order chi connectivity index (χ1) is 15.5. The number of piperidine rings is 1. The topological polar surface area (TPSA) is 41.5 Å². The molecule has 1 aliphatic heterocycles. The molecule has 1 saturated carbocycles. The molecular formula is C27H34N4O. The van der Waals surface area contributed by atoms with Crippen LogP contribution in [0.25, 0.3) is 10.9 Å². The van der Waals surface area contributed by atoms with E-state index in [1.807, 2.05) is 0 Å². The van der Waals surface area contributed by atoms with Crippen LogP contribution in [0.5, 0.6) is 0 Å². The van der Waals surface area contributed by atoms with Crippen molar-refractivity contribution in [2.75, 3.05) is 44.1 Å². The minimum absolute atomic E-state index is 0.0589. The van der Waals surface area contributed by atoms with Crippen LogP contribution in [0.15, 0.2) is 42.5 Å². The van der Waals surface area contributed by atoms with Crippen molar-refractivity contribution in [2.24, 2.45) is 0 Å². The van der Waals surface area contributed by atoms with E-state index in [2.05, 4.69) is 73.3 Å². The Labute approximate surface area is 191 Å². The molecule has 1 aliphatic carbocycles. The van der Waals surface area contributed by atoms with E-state index in [1.54, 1.807) is 7.11 Å². The number of nitrogens with zero attached hydrogens (tertiary/aromatic N) is 4. The van der Waals surface area contributed by atoms with Gasteiger partial charge in [-0.2, -0.15) is 0 Å². The molecule has 0 radical (unpaired) electrons. The van der Waals surface area contributed by atoms with Crippen molar-refractivity contribution in [1.82, 2.24) is 9.97 Å². The van der Waals surface area contributed by atoms with Gasteiger partial charge in [-0.05, 0) is 67.9 Å². The molecule has 2 heterocycles. The minimum Gasteiger partial charge on any atom is -0.377 e. The molecule has 0 N–H and O–H groups in total. The first kappa shape index (κ1) is 21.2. The number of anilines is 2. The second-order valence-corrected chi connectivity index (χ2v) is 9.55. The fourth-order valence-electron chi connectivity index (χ4n) is 4.94. The maximum atomic E-state index is 5.58. The van der Waals surface area contributed by atoms with E-state index in [4.69, 9.17) is 14.7 Å². The van der Waals surface area contributed by atoms with E-state index in [9.17, 15) is 0 Å². The normalized spacial score (nSPS) is 18.2. The van der Waals surface area contributed by atoms with Gasteiger partial charge in [-0.15, -0.1) is 0 Å². The Bertz CT molecular complexity index is 1100. The highest BCUT2D eigenvalue weighted by atomic mass is 16.5. The molecule has 2 aliphatic rings. The molecule has 1 saturated heterocycles. The van der Waals surface area contributed by atoms with Gasteiger partial charge in [0.05, 0.1) is 11.6 Å². The van der Waals surface area contributed by atoms with Crippen LogP contribution in [0.3, 0.4) is 0 Å². The fourth-order valence-corrected chi connectivity index (χ4v) is 4.94. The van der Waals surface area contributed by atoms with E-state index < -0.39 is 0 Å². The van der Waals surface area contributed by atoms with Gasteiger partial charge in [0, 0.05) is 51.3 Å². The summed E-state index contributed by atoms with van der Waals surface area (Å²) >= 11 is 0. The molecule has 1 atom stereocenters. The number of ether oxygens (including phenoxy) is 1. The van der Waals surface area contributed by atoms with Crippen molar-refractivity contribution in [1.29, 1.82) is 0 Å². The summed E-state index contributed by atoms with van der Waals surface area (Å²) in [4.78, 5) is 14.8. The average molecular weight is 431 g/mol. The van der Waals surface area contributed by atoms with Crippen LogP contribution in [-0.4, -0.2) is 44.3 Å². The largest absolute Gasteiger partial charge is 0.377 e. The molecule has 168 valence electrons. The first-order valence-electron chi connectivity index (χ1n) is 11.9. The summed E-state index contributed by atoms with van der Waals surface area (Å²) in [6.45, 7) is 4.13. The maximum Gasteiger partial charge on any atom is 0.140 e. The van der Waals surface area contributed by atoms with Gasteiger partial charge in [0.2, 0.25) is 0 Å². The number of para-hydroxylation sites is 1. The van der Waals surface area contributed by atoms with E-state index in [0.29, 0.717) is 11.8 Å². The van der Waals surface area contributed by atoms with Crippen LogP contribution in [-0.2, 0) is 4.74 Å². The number of fused-ring (bicyclic) bond motifs is 1. The fraction of sp³-hybridized carbons (Fsp3) is 0.481. The summed E-state index contributed by atoms with van der Waals surface area (Å²) in [5.41, 5.74) is 5.05.